The number of carbonyl (C=O) groups excluding carboxylic acids is 1. The van der Waals surface area contributed by atoms with Crippen molar-refractivity contribution in [1.82, 2.24) is 0 Å². The van der Waals surface area contributed by atoms with Gasteiger partial charge in [0.2, 0.25) is 5.76 Å². The number of allylic oxidation sites excluding steroid dienone is 1. The number of ether oxygens (including phenoxy) is 1. The number of halogens is 3. The molecule has 0 spiro atoms. The minimum absolute atomic E-state index is 0. The standard InChI is InChI=1S/C7H9F3O3.Cu/c1-4(2)13-6(12)3-5(11)7(8,9)10;/h3-4,11H,1-2H3;/b5-3-;. The Morgan fingerprint density at radius 3 is 2.14 bits per heavy atom. The first-order chi connectivity index (χ1) is 5.73. The average molecular weight is 262 g/mol. The zero-order valence-electron chi connectivity index (χ0n) is 7.35. The van der Waals surface area contributed by atoms with Crippen molar-refractivity contribution in [1.29, 1.82) is 0 Å². The van der Waals surface area contributed by atoms with Crippen LogP contribution < -0.4 is 0 Å². The van der Waals surface area contributed by atoms with Crippen LogP contribution >= 0.6 is 0 Å². The van der Waals surface area contributed by atoms with E-state index < -0.39 is 24.0 Å². The van der Waals surface area contributed by atoms with Crippen molar-refractivity contribution in [3.63, 3.8) is 0 Å². The summed E-state index contributed by atoms with van der Waals surface area (Å²) in [5.74, 6) is -3.18. The Balaban J connectivity index is 0. The summed E-state index contributed by atoms with van der Waals surface area (Å²) in [5.41, 5.74) is 0. The Hall–Kier alpha value is -0.681. The second-order valence-corrected chi connectivity index (χ2v) is 2.51. The number of aliphatic hydroxyl groups is 1. The minimum Gasteiger partial charge on any atom is -0.504 e. The topological polar surface area (TPSA) is 46.5 Å². The van der Waals surface area contributed by atoms with Crippen molar-refractivity contribution in [3.05, 3.63) is 11.8 Å². The first-order valence-corrected chi connectivity index (χ1v) is 3.42. The van der Waals surface area contributed by atoms with Gasteiger partial charge < -0.3 is 9.84 Å². The van der Waals surface area contributed by atoms with Gasteiger partial charge in [0.15, 0.2) is 0 Å². The molecule has 0 aromatic carbocycles. The van der Waals surface area contributed by atoms with Crippen molar-refractivity contribution in [2.75, 3.05) is 0 Å². The molecule has 0 unspecified atom stereocenters. The Bertz CT molecular complexity index is 223. The zero-order chi connectivity index (χ0) is 10.6. The molecule has 0 amide bonds. The maximum Gasteiger partial charge on any atom is 0.448 e. The summed E-state index contributed by atoms with van der Waals surface area (Å²) in [4.78, 5) is 10.6. The second-order valence-electron chi connectivity index (χ2n) is 2.51. The molecule has 0 fully saturated rings. The van der Waals surface area contributed by atoms with Gasteiger partial charge >= 0.3 is 12.1 Å². The number of hydrogen-bond acceptors (Lipinski definition) is 3. The van der Waals surface area contributed by atoms with E-state index in [0.717, 1.165) is 0 Å². The zero-order valence-corrected chi connectivity index (χ0v) is 8.30. The molecule has 0 saturated heterocycles. The third kappa shape index (κ3) is 6.79. The maximum absolute atomic E-state index is 11.6. The third-order valence-electron chi connectivity index (χ3n) is 0.897. The van der Waals surface area contributed by atoms with Gasteiger partial charge in [-0.1, -0.05) is 0 Å². The summed E-state index contributed by atoms with van der Waals surface area (Å²) in [6, 6.07) is 0. The van der Waals surface area contributed by atoms with E-state index in [4.69, 9.17) is 5.11 Å². The maximum atomic E-state index is 11.6. The van der Waals surface area contributed by atoms with Gasteiger partial charge in [-0.25, -0.2) is 4.79 Å². The number of carbonyl (C=O) groups is 1. The molecule has 0 aliphatic carbocycles. The van der Waals surface area contributed by atoms with Crippen LogP contribution in [0, 0.1) is 0 Å². The molecule has 0 aliphatic heterocycles. The Morgan fingerprint density at radius 2 is 1.86 bits per heavy atom. The summed E-state index contributed by atoms with van der Waals surface area (Å²) < 4.78 is 39.2. The fraction of sp³-hybridized carbons (Fsp3) is 0.571. The van der Waals surface area contributed by atoms with Crippen molar-refractivity contribution in [2.24, 2.45) is 0 Å². The van der Waals surface area contributed by atoms with Crippen LogP contribution in [0.25, 0.3) is 0 Å². The number of alkyl halides is 3. The van der Waals surface area contributed by atoms with Crippen LogP contribution in [0.3, 0.4) is 0 Å². The van der Waals surface area contributed by atoms with Gasteiger partial charge in [0.05, 0.1) is 12.2 Å². The van der Waals surface area contributed by atoms with E-state index in [2.05, 4.69) is 4.74 Å². The van der Waals surface area contributed by atoms with Gasteiger partial charge in [-0.3, -0.25) is 0 Å². The smallest absolute Gasteiger partial charge is 0.448 e. The monoisotopic (exact) mass is 261 g/mol. The molecule has 0 atom stereocenters. The molecule has 87 valence electrons. The molecule has 0 heterocycles. The molecular weight excluding hydrogens is 253 g/mol. The molecule has 7 heteroatoms. The largest absolute Gasteiger partial charge is 0.504 e. The summed E-state index contributed by atoms with van der Waals surface area (Å²) >= 11 is 0. The van der Waals surface area contributed by atoms with E-state index in [1.165, 1.54) is 13.8 Å². The minimum atomic E-state index is -4.91. The van der Waals surface area contributed by atoms with Gasteiger partial charge in [0.1, 0.15) is 0 Å². The van der Waals surface area contributed by atoms with Crippen LogP contribution in [0.1, 0.15) is 13.8 Å². The number of esters is 1. The molecule has 0 aromatic rings. The SMILES string of the molecule is CC(C)OC(=O)/C=C(\O)C(F)(F)F.[Cu]. The summed E-state index contributed by atoms with van der Waals surface area (Å²) in [6.07, 6.45) is -5.43. The van der Waals surface area contributed by atoms with Crippen LogP contribution in [-0.4, -0.2) is 23.4 Å². The fourth-order valence-electron chi connectivity index (χ4n) is 0.460. The van der Waals surface area contributed by atoms with Crippen LogP contribution in [0.4, 0.5) is 13.2 Å². The number of hydrogen-bond donors (Lipinski definition) is 1. The predicted molar refractivity (Wildman–Crippen MR) is 38.0 cm³/mol. The molecule has 1 radical (unpaired) electrons. The fourth-order valence-corrected chi connectivity index (χ4v) is 0.460. The van der Waals surface area contributed by atoms with Gasteiger partial charge in [-0.05, 0) is 13.8 Å². The van der Waals surface area contributed by atoms with Crippen LogP contribution in [-0.2, 0) is 26.6 Å². The molecule has 14 heavy (non-hydrogen) atoms. The van der Waals surface area contributed by atoms with Gasteiger partial charge in [0, 0.05) is 17.1 Å². The van der Waals surface area contributed by atoms with Gasteiger partial charge in [-0.2, -0.15) is 13.2 Å². The van der Waals surface area contributed by atoms with Crippen molar-refractivity contribution in [2.45, 2.75) is 26.1 Å². The Labute approximate surface area is 89.4 Å². The third-order valence-corrected chi connectivity index (χ3v) is 0.897. The molecule has 0 saturated carbocycles. The van der Waals surface area contributed by atoms with E-state index in [1.54, 1.807) is 0 Å². The van der Waals surface area contributed by atoms with Crippen LogP contribution in [0.15, 0.2) is 11.8 Å². The van der Waals surface area contributed by atoms with E-state index in [1.807, 2.05) is 0 Å². The van der Waals surface area contributed by atoms with E-state index in [9.17, 15) is 18.0 Å². The van der Waals surface area contributed by atoms with E-state index in [-0.39, 0.29) is 23.1 Å². The van der Waals surface area contributed by atoms with Crippen molar-refractivity contribution < 1.29 is 44.9 Å². The Kier molecular flexibility index (Phi) is 6.68. The summed E-state index contributed by atoms with van der Waals surface area (Å²) in [6.45, 7) is 2.97. The Morgan fingerprint density at radius 1 is 1.43 bits per heavy atom. The molecular formula is C7H9CuF3O3. The van der Waals surface area contributed by atoms with Gasteiger partial charge in [-0.15, -0.1) is 0 Å². The van der Waals surface area contributed by atoms with E-state index >= 15 is 0 Å². The van der Waals surface area contributed by atoms with Crippen LogP contribution in [0.5, 0.6) is 0 Å². The van der Waals surface area contributed by atoms with E-state index in [0.29, 0.717) is 0 Å². The molecule has 0 aliphatic rings. The molecule has 1 N–H and O–H groups in total. The summed E-state index contributed by atoms with van der Waals surface area (Å²) in [5, 5.41) is 8.30. The van der Waals surface area contributed by atoms with Crippen LogP contribution in [0.2, 0.25) is 0 Å². The molecule has 3 nitrogen and oxygen atoms in total. The quantitative estimate of drug-likeness (QED) is 0.358. The predicted octanol–water partition coefficient (Wildman–Crippen LogP) is 1.94. The average Bonchev–Trinajstić information content (AvgIpc) is 1.82. The number of aliphatic hydroxyl groups excluding tert-OH is 1. The van der Waals surface area contributed by atoms with Crippen molar-refractivity contribution in [3.8, 4) is 0 Å². The number of rotatable bonds is 2. The van der Waals surface area contributed by atoms with Gasteiger partial charge in [0.25, 0.3) is 0 Å². The first kappa shape index (κ1) is 15.8. The van der Waals surface area contributed by atoms with Crippen molar-refractivity contribution >= 4 is 5.97 Å². The molecule has 0 rings (SSSR count). The summed E-state index contributed by atoms with van der Waals surface area (Å²) in [7, 11) is 0. The first-order valence-electron chi connectivity index (χ1n) is 3.42. The normalized spacial score (nSPS) is 12.3. The molecule has 0 bridgehead atoms. The second kappa shape index (κ2) is 5.93. The molecule has 0 aromatic heterocycles.